The normalized spacial score (nSPS) is 34.9. The third kappa shape index (κ3) is 2.52. The van der Waals surface area contributed by atoms with Gasteiger partial charge in [-0.25, -0.2) is 0 Å². The molecule has 3 N–H and O–H groups in total. The summed E-state index contributed by atoms with van der Waals surface area (Å²) in [5.74, 6) is -0.654. The largest absolute Gasteiger partial charge is 0.422 e. The number of alkyl halides is 3. The average molecular weight is 331 g/mol. The number of nitrogens with zero attached hydrogens (tertiary/aromatic N) is 1. The number of aliphatic hydroxyl groups is 1. The van der Waals surface area contributed by atoms with Gasteiger partial charge in [-0.3, -0.25) is 9.89 Å². The van der Waals surface area contributed by atoms with Crippen LogP contribution >= 0.6 is 0 Å². The number of hydrogen-bond donors (Lipinski definition) is 3. The Bertz CT molecular complexity index is 628. The van der Waals surface area contributed by atoms with Gasteiger partial charge in [0, 0.05) is 11.6 Å². The molecule has 2 aliphatic rings. The van der Waals surface area contributed by atoms with Crippen molar-refractivity contribution in [2.45, 2.75) is 57.2 Å². The highest BCUT2D eigenvalue weighted by molar-refractivity contribution is 5.94. The maximum atomic E-state index is 13.5. The highest BCUT2D eigenvalue weighted by Crippen LogP contribution is 2.51. The minimum atomic E-state index is -4.94. The van der Waals surface area contributed by atoms with Gasteiger partial charge in [0.15, 0.2) is 11.4 Å². The third-order valence-corrected chi connectivity index (χ3v) is 5.18. The fourth-order valence-electron chi connectivity index (χ4n) is 3.81. The number of amides is 1. The van der Waals surface area contributed by atoms with Crippen LogP contribution in [0.2, 0.25) is 0 Å². The van der Waals surface area contributed by atoms with Gasteiger partial charge in [0.1, 0.15) is 0 Å². The van der Waals surface area contributed by atoms with Crippen LogP contribution in [0.5, 0.6) is 0 Å². The fraction of sp³-hybridized carbons (Fsp3) is 0.733. The van der Waals surface area contributed by atoms with Gasteiger partial charge >= 0.3 is 6.18 Å². The van der Waals surface area contributed by atoms with Gasteiger partial charge < -0.3 is 10.4 Å². The molecule has 0 spiro atoms. The van der Waals surface area contributed by atoms with Gasteiger partial charge in [-0.2, -0.15) is 18.3 Å². The summed E-state index contributed by atoms with van der Waals surface area (Å²) < 4.78 is 40.5. The number of anilines is 1. The SMILES string of the molecule is CC1CCC(C)C(c2[nH]nc3c2C(O)(C(F)(F)F)CC(=O)N3)C1. The molecule has 0 bridgehead atoms. The Balaban J connectivity index is 2.11. The molecule has 0 radical (unpaired) electrons. The Morgan fingerprint density at radius 3 is 2.65 bits per heavy atom. The van der Waals surface area contributed by atoms with E-state index in [1.807, 2.05) is 6.92 Å². The van der Waals surface area contributed by atoms with E-state index in [0.29, 0.717) is 11.6 Å². The molecule has 1 saturated carbocycles. The van der Waals surface area contributed by atoms with Gasteiger partial charge in [0.05, 0.1) is 12.0 Å². The molecule has 128 valence electrons. The summed E-state index contributed by atoms with van der Waals surface area (Å²) >= 11 is 0. The van der Waals surface area contributed by atoms with Gasteiger partial charge in [-0.05, 0) is 24.7 Å². The molecule has 1 aromatic heterocycles. The first-order chi connectivity index (χ1) is 10.6. The van der Waals surface area contributed by atoms with Crippen molar-refractivity contribution in [1.29, 1.82) is 0 Å². The predicted molar refractivity (Wildman–Crippen MR) is 76.7 cm³/mol. The van der Waals surface area contributed by atoms with Gasteiger partial charge in [-0.15, -0.1) is 0 Å². The Hall–Kier alpha value is -1.57. The molecular formula is C15H20F3N3O2. The summed E-state index contributed by atoms with van der Waals surface area (Å²) in [6.07, 6.45) is -3.29. The molecule has 3 rings (SSSR count). The van der Waals surface area contributed by atoms with Crippen LogP contribution in [0.15, 0.2) is 0 Å². The molecule has 2 heterocycles. The van der Waals surface area contributed by atoms with Crippen LogP contribution in [0, 0.1) is 11.8 Å². The van der Waals surface area contributed by atoms with E-state index in [1.165, 1.54) is 0 Å². The van der Waals surface area contributed by atoms with Crippen molar-refractivity contribution >= 4 is 11.7 Å². The number of rotatable bonds is 1. The van der Waals surface area contributed by atoms with Crippen LogP contribution < -0.4 is 5.32 Å². The smallest absolute Gasteiger partial charge is 0.376 e. The molecule has 1 aliphatic heterocycles. The van der Waals surface area contributed by atoms with Gasteiger partial charge in [-0.1, -0.05) is 20.3 Å². The molecule has 0 aromatic carbocycles. The minimum Gasteiger partial charge on any atom is -0.376 e. The number of carbonyl (C=O) groups is 1. The molecule has 1 fully saturated rings. The van der Waals surface area contributed by atoms with Crippen LogP contribution in [-0.4, -0.2) is 27.4 Å². The van der Waals surface area contributed by atoms with E-state index < -0.39 is 24.1 Å². The summed E-state index contributed by atoms with van der Waals surface area (Å²) in [6.45, 7) is 4.07. The molecule has 0 saturated heterocycles. The zero-order valence-electron chi connectivity index (χ0n) is 13.0. The van der Waals surface area contributed by atoms with Crippen LogP contribution in [0.1, 0.15) is 56.7 Å². The highest BCUT2D eigenvalue weighted by Gasteiger charge is 2.61. The van der Waals surface area contributed by atoms with E-state index in [4.69, 9.17) is 0 Å². The average Bonchev–Trinajstić information content (AvgIpc) is 2.84. The number of halogens is 3. The molecular weight excluding hydrogens is 311 g/mol. The number of aromatic amines is 1. The molecule has 8 heteroatoms. The summed E-state index contributed by atoms with van der Waals surface area (Å²) in [6, 6.07) is 0. The summed E-state index contributed by atoms with van der Waals surface area (Å²) in [5, 5.41) is 19.2. The lowest BCUT2D eigenvalue weighted by molar-refractivity contribution is -0.267. The maximum Gasteiger partial charge on any atom is 0.422 e. The lowest BCUT2D eigenvalue weighted by Crippen LogP contribution is -2.48. The first kappa shape index (κ1) is 16.3. The number of nitrogens with one attached hydrogen (secondary N) is 2. The Kier molecular flexibility index (Phi) is 3.70. The standard InChI is InChI=1S/C15H20F3N3O2/c1-7-3-4-8(2)9(5-7)12-11-13(21-20-12)19-10(22)6-14(11,23)15(16,17)18/h7-9,23H,3-6H2,1-2H3,(H2,19,20,21,22). The van der Waals surface area contributed by atoms with E-state index in [9.17, 15) is 23.1 Å². The number of hydrogen-bond acceptors (Lipinski definition) is 3. The first-order valence-electron chi connectivity index (χ1n) is 7.81. The molecule has 5 nitrogen and oxygen atoms in total. The Morgan fingerprint density at radius 1 is 1.30 bits per heavy atom. The second-order valence-corrected chi connectivity index (χ2v) is 6.95. The lowest BCUT2D eigenvalue weighted by Gasteiger charge is -2.37. The van der Waals surface area contributed by atoms with E-state index >= 15 is 0 Å². The van der Waals surface area contributed by atoms with E-state index in [1.54, 1.807) is 0 Å². The molecule has 4 atom stereocenters. The monoisotopic (exact) mass is 331 g/mol. The van der Waals surface area contributed by atoms with Crippen LogP contribution in [0.3, 0.4) is 0 Å². The Labute approximate surface area is 131 Å². The van der Waals surface area contributed by atoms with Crippen LogP contribution in [-0.2, 0) is 10.4 Å². The van der Waals surface area contributed by atoms with Crippen molar-refractivity contribution in [2.75, 3.05) is 5.32 Å². The van der Waals surface area contributed by atoms with E-state index in [0.717, 1.165) is 19.3 Å². The second kappa shape index (κ2) is 5.22. The van der Waals surface area contributed by atoms with Crippen LogP contribution in [0.25, 0.3) is 0 Å². The summed E-state index contributed by atoms with van der Waals surface area (Å²) in [4.78, 5) is 11.6. The fourth-order valence-corrected chi connectivity index (χ4v) is 3.81. The topological polar surface area (TPSA) is 78.0 Å². The van der Waals surface area contributed by atoms with Crippen molar-refractivity contribution in [1.82, 2.24) is 10.2 Å². The van der Waals surface area contributed by atoms with Crippen molar-refractivity contribution < 1.29 is 23.1 Å². The van der Waals surface area contributed by atoms with Crippen molar-refractivity contribution in [3.8, 4) is 0 Å². The van der Waals surface area contributed by atoms with Crippen LogP contribution in [0.4, 0.5) is 19.0 Å². The predicted octanol–water partition coefficient (Wildman–Crippen LogP) is 3.04. The molecule has 1 amide bonds. The van der Waals surface area contributed by atoms with Gasteiger partial charge in [0.2, 0.25) is 5.91 Å². The number of fused-ring (bicyclic) bond motifs is 1. The third-order valence-electron chi connectivity index (χ3n) is 5.18. The Morgan fingerprint density at radius 2 is 2.00 bits per heavy atom. The van der Waals surface area contributed by atoms with Crippen molar-refractivity contribution in [2.24, 2.45) is 11.8 Å². The van der Waals surface area contributed by atoms with Gasteiger partial charge in [0.25, 0.3) is 0 Å². The molecule has 4 unspecified atom stereocenters. The number of carbonyl (C=O) groups excluding carboxylic acids is 1. The zero-order valence-corrected chi connectivity index (χ0v) is 13.0. The molecule has 23 heavy (non-hydrogen) atoms. The zero-order chi connectivity index (χ0) is 17.0. The number of aromatic nitrogens is 2. The molecule has 1 aliphatic carbocycles. The number of H-pyrrole nitrogens is 1. The van der Waals surface area contributed by atoms with E-state index in [2.05, 4.69) is 22.4 Å². The lowest BCUT2D eigenvalue weighted by atomic mass is 9.71. The molecule has 1 aromatic rings. The maximum absolute atomic E-state index is 13.5. The summed E-state index contributed by atoms with van der Waals surface area (Å²) in [7, 11) is 0. The van der Waals surface area contributed by atoms with Crippen molar-refractivity contribution in [3.05, 3.63) is 11.3 Å². The highest BCUT2D eigenvalue weighted by atomic mass is 19.4. The van der Waals surface area contributed by atoms with Crippen molar-refractivity contribution in [3.63, 3.8) is 0 Å². The summed E-state index contributed by atoms with van der Waals surface area (Å²) in [5.41, 5.74) is -3.19. The quantitative estimate of drug-likeness (QED) is 0.740. The minimum absolute atomic E-state index is 0.140. The van der Waals surface area contributed by atoms with E-state index in [-0.39, 0.29) is 23.2 Å². The second-order valence-electron chi connectivity index (χ2n) is 6.95. The first-order valence-corrected chi connectivity index (χ1v) is 7.81.